The van der Waals surface area contributed by atoms with E-state index in [0.717, 1.165) is 36.3 Å². The van der Waals surface area contributed by atoms with E-state index in [0.29, 0.717) is 10.0 Å². The maximum atomic E-state index is 6.35. The summed E-state index contributed by atoms with van der Waals surface area (Å²) in [6.07, 6.45) is 2.11. The normalized spacial score (nSPS) is 15.2. The molecule has 0 fully saturated rings. The number of hydrogen-bond acceptors (Lipinski definition) is 2. The lowest BCUT2D eigenvalue weighted by molar-refractivity contribution is 0.288. The molecule has 1 unspecified atom stereocenters. The smallest absolute Gasteiger partial charge is 0.122 e. The summed E-state index contributed by atoms with van der Waals surface area (Å²) in [4.78, 5) is 0. The van der Waals surface area contributed by atoms with Crippen LogP contribution in [0.1, 0.15) is 29.2 Å². The standard InChI is InChI=1S/C17H17Cl2NO/c1-20-17(16-13(18)5-2-6-14(16)19)12-7-8-15-11(10-12)4-3-9-21-15/h2,5-8,10,17,20H,3-4,9H2,1H3. The van der Waals surface area contributed by atoms with Gasteiger partial charge in [0.15, 0.2) is 0 Å². The quantitative estimate of drug-likeness (QED) is 0.890. The summed E-state index contributed by atoms with van der Waals surface area (Å²) in [5.74, 6) is 0.991. The largest absolute Gasteiger partial charge is 0.493 e. The van der Waals surface area contributed by atoms with Crippen LogP contribution in [0.2, 0.25) is 10.0 Å². The second-order valence-electron chi connectivity index (χ2n) is 5.18. The maximum Gasteiger partial charge on any atom is 0.122 e. The summed E-state index contributed by atoms with van der Waals surface area (Å²) < 4.78 is 5.67. The van der Waals surface area contributed by atoms with E-state index >= 15 is 0 Å². The maximum absolute atomic E-state index is 6.35. The molecule has 1 aliphatic heterocycles. The number of hydrogen-bond donors (Lipinski definition) is 1. The van der Waals surface area contributed by atoms with Gasteiger partial charge in [0.1, 0.15) is 5.75 Å². The van der Waals surface area contributed by atoms with E-state index in [-0.39, 0.29) is 6.04 Å². The molecule has 0 spiro atoms. The van der Waals surface area contributed by atoms with Crippen molar-refractivity contribution in [1.82, 2.24) is 5.32 Å². The summed E-state index contributed by atoms with van der Waals surface area (Å²) in [5.41, 5.74) is 3.32. The number of fused-ring (bicyclic) bond motifs is 1. The molecule has 1 aliphatic rings. The summed E-state index contributed by atoms with van der Waals surface area (Å²) in [7, 11) is 1.92. The van der Waals surface area contributed by atoms with Crippen LogP contribution in [0, 0.1) is 0 Å². The van der Waals surface area contributed by atoms with Gasteiger partial charge in [0.25, 0.3) is 0 Å². The van der Waals surface area contributed by atoms with Crippen LogP contribution in [0.5, 0.6) is 5.75 Å². The molecule has 2 nitrogen and oxygen atoms in total. The van der Waals surface area contributed by atoms with Gasteiger partial charge in [-0.25, -0.2) is 0 Å². The molecule has 0 amide bonds. The van der Waals surface area contributed by atoms with E-state index < -0.39 is 0 Å². The highest BCUT2D eigenvalue weighted by atomic mass is 35.5. The molecular weight excluding hydrogens is 305 g/mol. The van der Waals surface area contributed by atoms with E-state index in [4.69, 9.17) is 27.9 Å². The van der Waals surface area contributed by atoms with Gasteiger partial charge < -0.3 is 10.1 Å². The molecule has 0 radical (unpaired) electrons. The SMILES string of the molecule is CNC(c1ccc2c(c1)CCCO2)c1c(Cl)cccc1Cl. The Morgan fingerprint density at radius 2 is 1.90 bits per heavy atom. The molecule has 2 aromatic carbocycles. The Balaban J connectivity index is 2.04. The summed E-state index contributed by atoms with van der Waals surface area (Å²) >= 11 is 12.7. The Labute approximate surface area is 135 Å². The van der Waals surface area contributed by atoms with Gasteiger partial charge in [0.2, 0.25) is 0 Å². The monoisotopic (exact) mass is 321 g/mol. The highest BCUT2D eigenvalue weighted by Gasteiger charge is 2.20. The fourth-order valence-corrected chi connectivity index (χ4v) is 3.44. The summed E-state index contributed by atoms with van der Waals surface area (Å²) in [6, 6.07) is 11.9. The van der Waals surface area contributed by atoms with Gasteiger partial charge in [0.05, 0.1) is 12.6 Å². The first-order chi connectivity index (χ1) is 10.2. The number of benzene rings is 2. The number of halogens is 2. The number of rotatable bonds is 3. The van der Waals surface area contributed by atoms with Crippen LogP contribution in [-0.4, -0.2) is 13.7 Å². The van der Waals surface area contributed by atoms with Crippen molar-refractivity contribution in [2.24, 2.45) is 0 Å². The number of aryl methyl sites for hydroxylation is 1. The van der Waals surface area contributed by atoms with Crippen molar-refractivity contribution >= 4 is 23.2 Å². The molecule has 0 saturated carbocycles. The Morgan fingerprint density at radius 1 is 1.14 bits per heavy atom. The predicted molar refractivity (Wildman–Crippen MR) is 87.6 cm³/mol. The van der Waals surface area contributed by atoms with Crippen LogP contribution in [0.15, 0.2) is 36.4 Å². The van der Waals surface area contributed by atoms with Crippen LogP contribution < -0.4 is 10.1 Å². The average Bonchev–Trinajstić information content (AvgIpc) is 2.50. The molecule has 0 aliphatic carbocycles. The van der Waals surface area contributed by atoms with Crippen molar-refractivity contribution in [2.75, 3.05) is 13.7 Å². The fraction of sp³-hybridized carbons (Fsp3) is 0.294. The highest BCUT2D eigenvalue weighted by molar-refractivity contribution is 6.36. The first-order valence-electron chi connectivity index (χ1n) is 7.07. The first kappa shape index (κ1) is 14.7. The van der Waals surface area contributed by atoms with Gasteiger partial charge in [-0.1, -0.05) is 41.4 Å². The molecule has 3 rings (SSSR count). The van der Waals surface area contributed by atoms with Crippen molar-refractivity contribution < 1.29 is 4.74 Å². The molecule has 4 heteroatoms. The lowest BCUT2D eigenvalue weighted by Gasteiger charge is -2.23. The minimum absolute atomic E-state index is 0.0292. The van der Waals surface area contributed by atoms with E-state index in [2.05, 4.69) is 17.4 Å². The van der Waals surface area contributed by atoms with Gasteiger partial charge in [-0.2, -0.15) is 0 Å². The third-order valence-corrected chi connectivity index (χ3v) is 4.50. The molecule has 0 bridgehead atoms. The van der Waals surface area contributed by atoms with Crippen LogP contribution in [-0.2, 0) is 6.42 Å². The Morgan fingerprint density at radius 3 is 2.62 bits per heavy atom. The number of nitrogens with one attached hydrogen (secondary N) is 1. The topological polar surface area (TPSA) is 21.3 Å². The van der Waals surface area contributed by atoms with Crippen molar-refractivity contribution in [3.8, 4) is 5.75 Å². The van der Waals surface area contributed by atoms with Crippen LogP contribution in [0.3, 0.4) is 0 Å². The molecule has 1 atom stereocenters. The second kappa shape index (κ2) is 6.27. The summed E-state index contributed by atoms with van der Waals surface area (Å²) in [6.45, 7) is 0.804. The molecular formula is C17H17Cl2NO. The van der Waals surface area contributed by atoms with Crippen molar-refractivity contribution in [3.05, 3.63) is 63.1 Å². The third kappa shape index (κ3) is 2.89. The average molecular weight is 322 g/mol. The summed E-state index contributed by atoms with van der Waals surface area (Å²) in [5, 5.41) is 4.67. The number of ether oxygens (including phenoxy) is 1. The van der Waals surface area contributed by atoms with E-state index in [1.807, 2.05) is 31.3 Å². The molecule has 0 aromatic heterocycles. The van der Waals surface area contributed by atoms with Crippen molar-refractivity contribution in [1.29, 1.82) is 0 Å². The van der Waals surface area contributed by atoms with E-state index in [9.17, 15) is 0 Å². The predicted octanol–water partition coefficient (Wildman–Crippen LogP) is 4.63. The lowest BCUT2D eigenvalue weighted by Crippen LogP contribution is -2.19. The molecule has 1 heterocycles. The molecule has 0 saturated heterocycles. The van der Waals surface area contributed by atoms with Crippen LogP contribution in [0.4, 0.5) is 0 Å². The highest BCUT2D eigenvalue weighted by Crippen LogP contribution is 2.36. The third-order valence-electron chi connectivity index (χ3n) is 3.84. The fourth-order valence-electron chi connectivity index (χ4n) is 2.82. The zero-order valence-electron chi connectivity index (χ0n) is 11.8. The molecule has 110 valence electrons. The van der Waals surface area contributed by atoms with Crippen LogP contribution in [0.25, 0.3) is 0 Å². The van der Waals surface area contributed by atoms with E-state index in [1.54, 1.807) is 0 Å². The minimum Gasteiger partial charge on any atom is -0.493 e. The van der Waals surface area contributed by atoms with Crippen molar-refractivity contribution in [2.45, 2.75) is 18.9 Å². The van der Waals surface area contributed by atoms with Gasteiger partial charge in [-0.3, -0.25) is 0 Å². The Kier molecular flexibility index (Phi) is 4.39. The second-order valence-corrected chi connectivity index (χ2v) is 5.99. The van der Waals surface area contributed by atoms with Crippen molar-refractivity contribution in [3.63, 3.8) is 0 Å². The Bertz CT molecular complexity index is 637. The first-order valence-corrected chi connectivity index (χ1v) is 7.83. The minimum atomic E-state index is -0.0292. The van der Waals surface area contributed by atoms with Gasteiger partial charge in [0, 0.05) is 15.6 Å². The zero-order chi connectivity index (χ0) is 14.8. The molecule has 2 aromatic rings. The Hall–Kier alpha value is -1.22. The zero-order valence-corrected chi connectivity index (χ0v) is 13.3. The van der Waals surface area contributed by atoms with Gasteiger partial charge in [-0.05, 0) is 49.2 Å². The lowest BCUT2D eigenvalue weighted by atomic mass is 9.95. The van der Waals surface area contributed by atoms with E-state index in [1.165, 1.54) is 5.56 Å². The van der Waals surface area contributed by atoms with Gasteiger partial charge in [-0.15, -0.1) is 0 Å². The van der Waals surface area contributed by atoms with Crippen LogP contribution >= 0.6 is 23.2 Å². The molecule has 21 heavy (non-hydrogen) atoms. The molecule has 1 N–H and O–H groups in total. The van der Waals surface area contributed by atoms with Gasteiger partial charge >= 0.3 is 0 Å².